The summed E-state index contributed by atoms with van der Waals surface area (Å²) in [5.74, 6) is -1.91. The molecule has 1 saturated carbocycles. The summed E-state index contributed by atoms with van der Waals surface area (Å²) in [5.41, 5.74) is 1.25. The Morgan fingerprint density at radius 3 is 2.27 bits per heavy atom. The van der Waals surface area contributed by atoms with Crippen molar-refractivity contribution >= 4 is 68.1 Å². The molecule has 0 bridgehead atoms. The molecule has 0 spiro atoms. The number of benzene rings is 1. The van der Waals surface area contributed by atoms with Crippen molar-refractivity contribution in [3.05, 3.63) is 26.9 Å². The number of esters is 3. The van der Waals surface area contributed by atoms with Crippen LogP contribution in [0, 0.1) is 5.92 Å². The third kappa shape index (κ3) is 4.73. The highest BCUT2D eigenvalue weighted by atomic mass is 79.9. The minimum atomic E-state index is -0.824. The molecule has 0 radical (unpaired) electrons. The van der Waals surface area contributed by atoms with Crippen molar-refractivity contribution in [1.82, 2.24) is 9.55 Å². The van der Waals surface area contributed by atoms with Gasteiger partial charge in [0, 0.05) is 26.7 Å². The number of halogens is 3. The lowest BCUT2D eigenvalue weighted by Gasteiger charge is -2.27. The maximum Gasteiger partial charge on any atom is 0.303 e. The SMILES string of the molecule is CC(=O)OCC1CC(n2c(Br)nc3cc(Cl)c(Cl)cc32)C(OC(C)=O)C1OC(C)=O. The van der Waals surface area contributed by atoms with Crippen molar-refractivity contribution in [3.63, 3.8) is 0 Å². The molecule has 1 heterocycles. The van der Waals surface area contributed by atoms with Gasteiger partial charge in [0.25, 0.3) is 0 Å². The van der Waals surface area contributed by atoms with Gasteiger partial charge in [-0.25, -0.2) is 4.98 Å². The van der Waals surface area contributed by atoms with Crippen molar-refractivity contribution in [2.45, 2.75) is 45.4 Å². The third-order valence-electron chi connectivity index (χ3n) is 4.84. The quantitative estimate of drug-likeness (QED) is 0.431. The Morgan fingerprint density at radius 2 is 1.67 bits per heavy atom. The summed E-state index contributed by atoms with van der Waals surface area (Å²) in [6.07, 6.45) is -1.23. The number of hydrogen-bond donors (Lipinski definition) is 0. The summed E-state index contributed by atoms with van der Waals surface area (Å²) >= 11 is 15.8. The second-order valence-corrected chi connectivity index (χ2v) is 8.54. The van der Waals surface area contributed by atoms with Gasteiger partial charge < -0.3 is 18.8 Å². The standard InChI is InChI=1S/C19H19BrCl2N2O6/c1-8(25)28-7-11-4-16(18(30-10(3)27)17(11)29-9(2)26)24-15-6-13(22)12(21)5-14(15)23-19(24)20/h5-6,11,16-18H,4,7H2,1-3H3. The maximum atomic E-state index is 11.8. The number of ether oxygens (including phenoxy) is 3. The van der Waals surface area contributed by atoms with Gasteiger partial charge in [-0.2, -0.15) is 0 Å². The number of carbonyl (C=O) groups excluding carboxylic acids is 3. The van der Waals surface area contributed by atoms with Crippen LogP contribution in [0.3, 0.4) is 0 Å². The van der Waals surface area contributed by atoms with E-state index in [4.69, 9.17) is 37.4 Å². The molecule has 0 amide bonds. The summed E-state index contributed by atoms with van der Waals surface area (Å²) < 4.78 is 18.5. The molecule has 162 valence electrons. The lowest BCUT2D eigenvalue weighted by atomic mass is 10.1. The van der Waals surface area contributed by atoms with Gasteiger partial charge >= 0.3 is 17.9 Å². The molecule has 1 aromatic carbocycles. The zero-order valence-corrected chi connectivity index (χ0v) is 19.5. The molecule has 4 unspecified atom stereocenters. The van der Waals surface area contributed by atoms with E-state index in [-0.39, 0.29) is 12.5 Å². The Labute approximate surface area is 190 Å². The molecule has 2 aromatic rings. The molecule has 1 aliphatic rings. The fourth-order valence-electron chi connectivity index (χ4n) is 3.77. The van der Waals surface area contributed by atoms with Crippen LogP contribution in [-0.2, 0) is 28.6 Å². The van der Waals surface area contributed by atoms with Gasteiger partial charge in [0.1, 0.15) is 6.10 Å². The van der Waals surface area contributed by atoms with Crippen LogP contribution < -0.4 is 0 Å². The summed E-state index contributed by atoms with van der Waals surface area (Å²) in [6, 6.07) is 2.84. The third-order valence-corrected chi connectivity index (χ3v) is 6.12. The fraction of sp³-hybridized carbons (Fsp3) is 0.474. The van der Waals surface area contributed by atoms with E-state index in [9.17, 15) is 14.4 Å². The number of carbonyl (C=O) groups is 3. The second-order valence-electron chi connectivity index (χ2n) is 7.02. The molecular weight excluding hydrogens is 503 g/mol. The topological polar surface area (TPSA) is 96.7 Å². The van der Waals surface area contributed by atoms with Crippen molar-refractivity contribution in [2.75, 3.05) is 6.61 Å². The van der Waals surface area contributed by atoms with Crippen LogP contribution in [0.1, 0.15) is 33.2 Å². The Hall–Kier alpha value is -1.84. The average molecular weight is 522 g/mol. The predicted molar refractivity (Wildman–Crippen MR) is 112 cm³/mol. The van der Waals surface area contributed by atoms with Gasteiger partial charge in [-0.05, 0) is 34.5 Å². The predicted octanol–water partition coefficient (Wildman–Crippen LogP) is 4.09. The summed E-state index contributed by atoms with van der Waals surface area (Å²) in [5, 5.41) is 0.697. The van der Waals surface area contributed by atoms with Crippen molar-refractivity contribution in [3.8, 4) is 0 Å². The first-order valence-corrected chi connectivity index (χ1v) is 10.6. The number of fused-ring (bicyclic) bond motifs is 1. The molecule has 0 aliphatic heterocycles. The monoisotopic (exact) mass is 520 g/mol. The minimum Gasteiger partial charge on any atom is -0.465 e. The summed E-state index contributed by atoms with van der Waals surface area (Å²) in [6.45, 7) is 3.85. The van der Waals surface area contributed by atoms with E-state index < -0.39 is 36.2 Å². The lowest BCUT2D eigenvalue weighted by molar-refractivity contribution is -0.168. The first-order valence-electron chi connectivity index (χ1n) is 9.08. The lowest BCUT2D eigenvalue weighted by Crippen LogP contribution is -2.38. The van der Waals surface area contributed by atoms with Crippen LogP contribution in [0.5, 0.6) is 0 Å². The first-order chi connectivity index (χ1) is 14.1. The van der Waals surface area contributed by atoms with E-state index in [0.717, 1.165) is 0 Å². The molecule has 1 fully saturated rings. The van der Waals surface area contributed by atoms with Gasteiger partial charge in [-0.3, -0.25) is 14.4 Å². The molecular formula is C19H19BrCl2N2O6. The molecule has 8 nitrogen and oxygen atoms in total. The normalized spacial score (nSPS) is 23.4. The van der Waals surface area contributed by atoms with E-state index in [1.54, 1.807) is 12.1 Å². The Bertz CT molecular complexity index is 1010. The highest BCUT2D eigenvalue weighted by Gasteiger charge is 2.50. The zero-order chi connectivity index (χ0) is 22.2. The van der Waals surface area contributed by atoms with Gasteiger partial charge in [-0.15, -0.1) is 0 Å². The molecule has 0 N–H and O–H groups in total. The number of hydrogen-bond acceptors (Lipinski definition) is 7. The van der Waals surface area contributed by atoms with Crippen LogP contribution >= 0.6 is 39.1 Å². The van der Waals surface area contributed by atoms with E-state index in [1.807, 2.05) is 4.57 Å². The average Bonchev–Trinajstić information content (AvgIpc) is 3.10. The number of rotatable bonds is 5. The van der Waals surface area contributed by atoms with Crippen molar-refractivity contribution in [2.24, 2.45) is 5.92 Å². The van der Waals surface area contributed by atoms with Crippen LogP contribution in [0.15, 0.2) is 16.9 Å². The summed E-state index contributed by atoms with van der Waals surface area (Å²) in [4.78, 5) is 39.4. The van der Waals surface area contributed by atoms with Gasteiger partial charge in [0.2, 0.25) is 0 Å². The fourth-order valence-corrected chi connectivity index (χ4v) is 4.73. The molecule has 1 aliphatic carbocycles. The van der Waals surface area contributed by atoms with Gasteiger partial charge in [0.05, 0.1) is 33.7 Å². The highest BCUT2D eigenvalue weighted by molar-refractivity contribution is 9.10. The summed E-state index contributed by atoms with van der Waals surface area (Å²) in [7, 11) is 0. The molecule has 11 heteroatoms. The Balaban J connectivity index is 2.09. The maximum absolute atomic E-state index is 11.8. The number of nitrogens with zero attached hydrogens (tertiary/aromatic N) is 2. The van der Waals surface area contributed by atoms with E-state index >= 15 is 0 Å². The van der Waals surface area contributed by atoms with E-state index in [1.165, 1.54) is 20.8 Å². The molecule has 4 atom stereocenters. The largest absolute Gasteiger partial charge is 0.465 e. The van der Waals surface area contributed by atoms with Crippen LogP contribution in [-0.4, -0.2) is 46.3 Å². The van der Waals surface area contributed by atoms with Crippen LogP contribution in [0.25, 0.3) is 11.0 Å². The van der Waals surface area contributed by atoms with Crippen LogP contribution in [0.4, 0.5) is 0 Å². The second kappa shape index (κ2) is 9.11. The van der Waals surface area contributed by atoms with E-state index in [0.29, 0.717) is 32.2 Å². The molecule has 1 aromatic heterocycles. The number of imidazole rings is 1. The zero-order valence-electron chi connectivity index (χ0n) is 16.4. The molecule has 30 heavy (non-hydrogen) atoms. The Morgan fingerprint density at radius 1 is 1.07 bits per heavy atom. The number of aromatic nitrogens is 2. The highest BCUT2D eigenvalue weighted by Crippen LogP contribution is 2.43. The smallest absolute Gasteiger partial charge is 0.303 e. The molecule has 0 saturated heterocycles. The van der Waals surface area contributed by atoms with Gasteiger partial charge in [0.15, 0.2) is 10.8 Å². The molecule has 3 rings (SSSR count). The minimum absolute atomic E-state index is 0.0123. The first kappa shape index (κ1) is 22.8. The van der Waals surface area contributed by atoms with Crippen LogP contribution in [0.2, 0.25) is 10.0 Å². The Kier molecular flexibility index (Phi) is 6.94. The van der Waals surface area contributed by atoms with Crippen molar-refractivity contribution < 1.29 is 28.6 Å². The van der Waals surface area contributed by atoms with Gasteiger partial charge in [-0.1, -0.05) is 23.2 Å². The van der Waals surface area contributed by atoms with E-state index in [2.05, 4.69) is 20.9 Å². The van der Waals surface area contributed by atoms with Crippen molar-refractivity contribution in [1.29, 1.82) is 0 Å².